The van der Waals surface area contributed by atoms with Crippen LogP contribution in [0.3, 0.4) is 0 Å². The van der Waals surface area contributed by atoms with Crippen LogP contribution in [0.2, 0.25) is 0 Å². The van der Waals surface area contributed by atoms with Crippen molar-refractivity contribution in [2.45, 2.75) is 16.9 Å². The van der Waals surface area contributed by atoms with Crippen molar-refractivity contribution in [2.24, 2.45) is 0 Å². The zero-order valence-electron chi connectivity index (χ0n) is 15.4. The van der Waals surface area contributed by atoms with Crippen molar-refractivity contribution < 1.29 is 5.11 Å². The smallest absolute Gasteiger partial charge is 0.119 e. The van der Waals surface area contributed by atoms with Crippen LogP contribution in [0.1, 0.15) is 34.3 Å². The molecule has 0 aliphatic rings. The van der Waals surface area contributed by atoms with Crippen molar-refractivity contribution in [3.63, 3.8) is 0 Å². The van der Waals surface area contributed by atoms with Gasteiger partial charge in [-0.05, 0) is 41.0 Å². The van der Waals surface area contributed by atoms with Crippen LogP contribution in [0.5, 0.6) is 0 Å². The number of nitriles is 2. The summed E-state index contributed by atoms with van der Waals surface area (Å²) in [6, 6.07) is 25.2. The van der Waals surface area contributed by atoms with Gasteiger partial charge in [-0.1, -0.05) is 60.3 Å². The SMILES string of the molecule is N#Cc1cccc(C(O)c2cccc(C(C#N)C(=N)Sc3ccccc3N)c2)c1. The minimum atomic E-state index is -0.936. The van der Waals surface area contributed by atoms with Gasteiger partial charge in [0.25, 0.3) is 0 Å². The fraction of sp³-hybridized carbons (Fsp3) is 0.0870. The summed E-state index contributed by atoms with van der Waals surface area (Å²) in [4.78, 5) is 0.724. The van der Waals surface area contributed by atoms with Gasteiger partial charge in [-0.3, -0.25) is 5.41 Å². The Morgan fingerprint density at radius 3 is 2.28 bits per heavy atom. The van der Waals surface area contributed by atoms with Crippen molar-refractivity contribution in [2.75, 3.05) is 5.73 Å². The molecule has 29 heavy (non-hydrogen) atoms. The first-order valence-corrected chi connectivity index (χ1v) is 9.63. The third kappa shape index (κ3) is 4.64. The second-order valence-corrected chi connectivity index (χ2v) is 7.46. The first-order valence-electron chi connectivity index (χ1n) is 8.82. The number of thioether (sulfide) groups is 1. The summed E-state index contributed by atoms with van der Waals surface area (Å²) in [6.45, 7) is 0. The van der Waals surface area contributed by atoms with Gasteiger partial charge in [0.1, 0.15) is 12.0 Å². The summed E-state index contributed by atoms with van der Waals surface area (Å²) >= 11 is 1.15. The van der Waals surface area contributed by atoms with Gasteiger partial charge in [0.15, 0.2) is 0 Å². The molecule has 0 aliphatic carbocycles. The molecule has 0 fully saturated rings. The molecule has 0 aliphatic heterocycles. The predicted octanol–water partition coefficient (Wildman–Crippen LogP) is 4.60. The van der Waals surface area contributed by atoms with Crippen molar-refractivity contribution >= 4 is 22.5 Å². The van der Waals surface area contributed by atoms with E-state index < -0.39 is 12.0 Å². The van der Waals surface area contributed by atoms with E-state index in [9.17, 15) is 10.4 Å². The number of nitrogens with zero attached hydrogens (tertiary/aromatic N) is 2. The van der Waals surface area contributed by atoms with Crippen LogP contribution in [0.15, 0.2) is 77.7 Å². The molecule has 6 heteroatoms. The fourth-order valence-corrected chi connectivity index (χ4v) is 3.79. The Morgan fingerprint density at radius 1 is 0.931 bits per heavy atom. The molecular formula is C23H18N4OS. The van der Waals surface area contributed by atoms with E-state index in [-0.39, 0.29) is 5.04 Å². The number of nitrogens with one attached hydrogen (secondary N) is 1. The maximum Gasteiger partial charge on any atom is 0.119 e. The Morgan fingerprint density at radius 2 is 1.59 bits per heavy atom. The average molecular weight is 398 g/mol. The van der Waals surface area contributed by atoms with Crippen LogP contribution in [0.25, 0.3) is 0 Å². The minimum Gasteiger partial charge on any atom is -0.398 e. The normalized spacial score (nSPS) is 12.4. The third-order valence-corrected chi connectivity index (χ3v) is 5.47. The van der Waals surface area contributed by atoms with Crippen molar-refractivity contribution in [1.82, 2.24) is 0 Å². The van der Waals surface area contributed by atoms with Crippen molar-refractivity contribution in [3.8, 4) is 12.1 Å². The average Bonchev–Trinajstić information content (AvgIpc) is 2.75. The Kier molecular flexibility index (Phi) is 6.31. The van der Waals surface area contributed by atoms with E-state index in [1.54, 1.807) is 54.6 Å². The minimum absolute atomic E-state index is 0.156. The zero-order valence-corrected chi connectivity index (χ0v) is 16.2. The number of benzene rings is 3. The second kappa shape index (κ2) is 9.07. The number of hydrogen-bond donors (Lipinski definition) is 3. The number of aliphatic hydroxyl groups is 1. The van der Waals surface area contributed by atoms with Crippen LogP contribution in [-0.4, -0.2) is 10.2 Å². The Hall–Kier alpha value is -3.58. The lowest BCUT2D eigenvalue weighted by Gasteiger charge is -2.16. The van der Waals surface area contributed by atoms with Crippen LogP contribution >= 0.6 is 11.8 Å². The summed E-state index contributed by atoms with van der Waals surface area (Å²) in [7, 11) is 0. The highest BCUT2D eigenvalue weighted by molar-refractivity contribution is 8.14. The first kappa shape index (κ1) is 20.2. The maximum absolute atomic E-state index is 10.7. The van der Waals surface area contributed by atoms with Crippen LogP contribution in [-0.2, 0) is 0 Å². The maximum atomic E-state index is 10.7. The van der Waals surface area contributed by atoms with Crippen molar-refractivity contribution in [3.05, 3.63) is 95.1 Å². The van der Waals surface area contributed by atoms with Crippen molar-refractivity contribution in [1.29, 1.82) is 15.9 Å². The van der Waals surface area contributed by atoms with E-state index in [1.165, 1.54) is 0 Å². The summed E-state index contributed by atoms with van der Waals surface area (Å²) in [5.74, 6) is -0.780. The number of hydrogen-bond acceptors (Lipinski definition) is 6. The van der Waals surface area contributed by atoms with E-state index in [0.29, 0.717) is 27.9 Å². The Labute approximate surface area is 173 Å². The molecule has 3 aromatic carbocycles. The molecule has 2 atom stereocenters. The molecule has 4 N–H and O–H groups in total. The van der Waals surface area contributed by atoms with E-state index in [1.807, 2.05) is 18.2 Å². The highest BCUT2D eigenvalue weighted by atomic mass is 32.2. The summed E-state index contributed by atoms with van der Waals surface area (Å²) in [5.41, 5.74) is 8.77. The largest absolute Gasteiger partial charge is 0.398 e. The van der Waals surface area contributed by atoms with Gasteiger partial charge in [0, 0.05) is 10.6 Å². The second-order valence-electron chi connectivity index (χ2n) is 6.38. The molecule has 0 bridgehead atoms. The molecule has 3 aromatic rings. The predicted molar refractivity (Wildman–Crippen MR) is 114 cm³/mol. The molecule has 142 valence electrons. The molecule has 0 amide bonds. The summed E-state index contributed by atoms with van der Waals surface area (Å²) in [6.07, 6.45) is -0.936. The van der Waals surface area contributed by atoms with E-state index in [2.05, 4.69) is 12.1 Å². The quantitative estimate of drug-likeness (QED) is 0.251. The summed E-state index contributed by atoms with van der Waals surface area (Å²) in [5, 5.41) is 38.0. The Balaban J connectivity index is 1.86. The van der Waals surface area contributed by atoms with E-state index in [4.69, 9.17) is 16.4 Å². The van der Waals surface area contributed by atoms with E-state index in [0.717, 1.165) is 16.7 Å². The Bertz CT molecular complexity index is 1130. The molecule has 0 radical (unpaired) electrons. The number of para-hydroxylation sites is 1. The number of aliphatic hydroxyl groups excluding tert-OH is 1. The first-order chi connectivity index (χ1) is 14.0. The number of nitrogen functional groups attached to an aromatic ring is 1. The highest BCUT2D eigenvalue weighted by Gasteiger charge is 2.20. The molecule has 0 heterocycles. The van der Waals surface area contributed by atoms with Gasteiger partial charge in [0.05, 0.1) is 22.7 Å². The molecular weight excluding hydrogens is 380 g/mol. The number of nitrogens with two attached hydrogens (primary N) is 1. The topological polar surface area (TPSA) is 118 Å². The molecule has 0 saturated heterocycles. The van der Waals surface area contributed by atoms with Gasteiger partial charge in [0.2, 0.25) is 0 Å². The van der Waals surface area contributed by atoms with Crippen LogP contribution in [0, 0.1) is 28.1 Å². The van der Waals surface area contributed by atoms with Crippen LogP contribution < -0.4 is 5.73 Å². The fourth-order valence-electron chi connectivity index (χ4n) is 2.91. The van der Waals surface area contributed by atoms with Gasteiger partial charge in [-0.15, -0.1) is 0 Å². The lowest BCUT2D eigenvalue weighted by molar-refractivity contribution is 0.220. The lowest BCUT2D eigenvalue weighted by atomic mass is 9.94. The van der Waals surface area contributed by atoms with Gasteiger partial charge >= 0.3 is 0 Å². The molecule has 3 rings (SSSR count). The third-order valence-electron chi connectivity index (χ3n) is 4.42. The van der Waals surface area contributed by atoms with Gasteiger partial charge in [-0.2, -0.15) is 10.5 Å². The lowest BCUT2D eigenvalue weighted by Crippen LogP contribution is -2.08. The molecule has 5 nitrogen and oxygen atoms in total. The summed E-state index contributed by atoms with van der Waals surface area (Å²) < 4.78 is 0. The standard InChI is InChI=1S/C23H18N4OS/c24-13-15-5-3-7-17(11-15)22(28)18-8-4-6-16(12-18)19(14-25)23(27)29-21-10-2-1-9-20(21)26/h1-12,19,22,27-28H,26H2. The van der Waals surface area contributed by atoms with Gasteiger partial charge < -0.3 is 10.8 Å². The molecule has 0 spiro atoms. The number of rotatable bonds is 5. The molecule has 0 aromatic heterocycles. The van der Waals surface area contributed by atoms with Crippen LogP contribution in [0.4, 0.5) is 5.69 Å². The molecule has 2 unspecified atom stereocenters. The van der Waals surface area contributed by atoms with E-state index >= 15 is 0 Å². The molecule has 0 saturated carbocycles. The number of anilines is 1. The zero-order chi connectivity index (χ0) is 20.8. The van der Waals surface area contributed by atoms with Gasteiger partial charge in [-0.25, -0.2) is 0 Å². The monoisotopic (exact) mass is 398 g/mol. The highest BCUT2D eigenvalue weighted by Crippen LogP contribution is 2.33.